The lowest BCUT2D eigenvalue weighted by atomic mass is 10.00. The zero-order chi connectivity index (χ0) is 13.1. The summed E-state index contributed by atoms with van der Waals surface area (Å²) in [5, 5.41) is 5.47. The fourth-order valence-electron chi connectivity index (χ4n) is 1.97. The number of hydrogen-bond acceptors (Lipinski definition) is 2. The van der Waals surface area contributed by atoms with Gasteiger partial charge in [-0.05, 0) is 58.7 Å². The van der Waals surface area contributed by atoms with Crippen molar-refractivity contribution in [3.8, 4) is 0 Å². The molecule has 0 amide bonds. The van der Waals surface area contributed by atoms with Gasteiger partial charge in [0.05, 0.1) is 6.04 Å². The van der Waals surface area contributed by atoms with Crippen LogP contribution in [0.25, 0.3) is 0 Å². The number of benzene rings is 1. The van der Waals surface area contributed by atoms with E-state index < -0.39 is 0 Å². The highest BCUT2D eigenvalue weighted by molar-refractivity contribution is 9.10. The van der Waals surface area contributed by atoms with Gasteiger partial charge in [0.25, 0.3) is 0 Å². The van der Waals surface area contributed by atoms with Gasteiger partial charge in [0.2, 0.25) is 0 Å². The van der Waals surface area contributed by atoms with E-state index in [1.54, 1.807) is 17.4 Å². The molecule has 0 saturated heterocycles. The summed E-state index contributed by atoms with van der Waals surface area (Å²) in [5.41, 5.74) is 2.11. The number of hydrogen-bond donors (Lipinski definition) is 1. The van der Waals surface area contributed by atoms with Gasteiger partial charge in [0.1, 0.15) is 5.82 Å². The van der Waals surface area contributed by atoms with Crippen molar-refractivity contribution >= 4 is 27.3 Å². The quantitative estimate of drug-likeness (QED) is 0.861. The predicted molar refractivity (Wildman–Crippen MR) is 78.7 cm³/mol. The van der Waals surface area contributed by atoms with Crippen LogP contribution in [0.2, 0.25) is 0 Å². The minimum absolute atomic E-state index is 0.0574. The zero-order valence-electron chi connectivity index (χ0n) is 10.3. The largest absolute Gasteiger partial charge is 0.306 e. The van der Waals surface area contributed by atoms with E-state index in [0.717, 1.165) is 22.1 Å². The van der Waals surface area contributed by atoms with Gasteiger partial charge in [0.15, 0.2) is 0 Å². The van der Waals surface area contributed by atoms with Crippen molar-refractivity contribution in [3.05, 3.63) is 55.9 Å². The fourth-order valence-corrected chi connectivity index (χ4v) is 3.51. The van der Waals surface area contributed by atoms with Crippen molar-refractivity contribution in [2.24, 2.45) is 0 Å². The summed E-state index contributed by atoms with van der Waals surface area (Å²) in [7, 11) is 0. The van der Waals surface area contributed by atoms with Crippen molar-refractivity contribution < 1.29 is 4.39 Å². The zero-order valence-corrected chi connectivity index (χ0v) is 12.7. The van der Waals surface area contributed by atoms with Crippen LogP contribution in [0.3, 0.4) is 0 Å². The molecule has 1 heterocycles. The third kappa shape index (κ3) is 2.99. The van der Waals surface area contributed by atoms with Crippen molar-refractivity contribution in [2.75, 3.05) is 6.54 Å². The van der Waals surface area contributed by atoms with Crippen LogP contribution >= 0.6 is 27.3 Å². The third-order valence-electron chi connectivity index (χ3n) is 2.83. The lowest BCUT2D eigenvalue weighted by Crippen LogP contribution is -2.22. The van der Waals surface area contributed by atoms with E-state index in [-0.39, 0.29) is 11.9 Å². The summed E-state index contributed by atoms with van der Waals surface area (Å²) in [5.74, 6) is -0.186. The first-order valence-electron chi connectivity index (χ1n) is 5.85. The van der Waals surface area contributed by atoms with Crippen LogP contribution in [0.4, 0.5) is 4.39 Å². The number of aryl methyl sites for hydroxylation is 1. The molecule has 1 atom stereocenters. The van der Waals surface area contributed by atoms with Crippen molar-refractivity contribution in [1.82, 2.24) is 5.32 Å². The first-order valence-corrected chi connectivity index (χ1v) is 7.52. The Kier molecular flexibility index (Phi) is 4.54. The fraction of sp³-hybridized carbons (Fsp3) is 0.286. The van der Waals surface area contributed by atoms with Crippen LogP contribution < -0.4 is 5.32 Å². The van der Waals surface area contributed by atoms with Gasteiger partial charge in [-0.2, -0.15) is 0 Å². The highest BCUT2D eigenvalue weighted by Gasteiger charge is 2.17. The Morgan fingerprint density at radius 2 is 2.17 bits per heavy atom. The van der Waals surface area contributed by atoms with Crippen molar-refractivity contribution in [1.29, 1.82) is 0 Å². The molecule has 96 valence electrons. The van der Waals surface area contributed by atoms with Crippen LogP contribution in [-0.4, -0.2) is 6.54 Å². The van der Waals surface area contributed by atoms with Crippen molar-refractivity contribution in [3.63, 3.8) is 0 Å². The number of rotatable bonds is 4. The monoisotopic (exact) mass is 327 g/mol. The summed E-state index contributed by atoms with van der Waals surface area (Å²) in [6.07, 6.45) is 0. The number of thiophene rings is 1. The molecule has 2 aromatic rings. The number of nitrogens with one attached hydrogen (secondary N) is 1. The van der Waals surface area contributed by atoms with Crippen LogP contribution in [0.5, 0.6) is 0 Å². The van der Waals surface area contributed by atoms with Gasteiger partial charge in [-0.25, -0.2) is 4.39 Å². The molecular formula is C14H15BrFNS. The van der Waals surface area contributed by atoms with E-state index in [4.69, 9.17) is 0 Å². The molecule has 1 nitrogen and oxygen atoms in total. The second kappa shape index (κ2) is 5.95. The molecule has 18 heavy (non-hydrogen) atoms. The average Bonchev–Trinajstić information content (AvgIpc) is 2.76. The summed E-state index contributed by atoms with van der Waals surface area (Å²) >= 11 is 5.14. The van der Waals surface area contributed by atoms with Gasteiger partial charge in [-0.15, -0.1) is 11.3 Å². The lowest BCUT2D eigenvalue weighted by molar-refractivity contribution is 0.604. The maximum absolute atomic E-state index is 13.4. The van der Waals surface area contributed by atoms with Gasteiger partial charge in [-0.3, -0.25) is 0 Å². The van der Waals surface area contributed by atoms with E-state index in [1.165, 1.54) is 10.9 Å². The first-order chi connectivity index (χ1) is 8.61. The van der Waals surface area contributed by atoms with Crippen LogP contribution in [-0.2, 0) is 0 Å². The normalized spacial score (nSPS) is 12.7. The second-order valence-corrected chi connectivity index (χ2v) is 6.02. The van der Waals surface area contributed by atoms with Gasteiger partial charge in [0, 0.05) is 14.7 Å². The molecule has 1 N–H and O–H groups in total. The lowest BCUT2D eigenvalue weighted by Gasteiger charge is -2.19. The Balaban J connectivity index is 2.44. The summed E-state index contributed by atoms with van der Waals surface area (Å²) < 4.78 is 14.5. The van der Waals surface area contributed by atoms with E-state index in [2.05, 4.69) is 34.2 Å². The molecule has 2 rings (SSSR count). The molecule has 0 saturated carbocycles. The number of halogens is 2. The Hall–Kier alpha value is -0.710. The second-order valence-electron chi connectivity index (χ2n) is 4.16. The molecule has 0 aliphatic carbocycles. The van der Waals surface area contributed by atoms with Crippen LogP contribution in [0.1, 0.15) is 29.0 Å². The Labute approximate surface area is 119 Å². The van der Waals surface area contributed by atoms with Crippen LogP contribution in [0, 0.1) is 12.7 Å². The Morgan fingerprint density at radius 3 is 2.78 bits per heavy atom. The highest BCUT2D eigenvalue weighted by Crippen LogP contribution is 2.31. The van der Waals surface area contributed by atoms with Gasteiger partial charge in [-0.1, -0.05) is 13.0 Å². The van der Waals surface area contributed by atoms with E-state index in [1.807, 2.05) is 18.4 Å². The average molecular weight is 328 g/mol. The minimum atomic E-state index is -0.186. The summed E-state index contributed by atoms with van der Waals surface area (Å²) in [4.78, 5) is 1.19. The standard InChI is InChI=1S/C14H15BrFNS/c1-3-17-14(13-6-10(15)8-18-13)12-7-11(16)5-4-9(12)2/h4-8,14,17H,3H2,1-2H3. The van der Waals surface area contributed by atoms with E-state index >= 15 is 0 Å². The molecule has 1 aromatic heterocycles. The summed E-state index contributed by atoms with van der Waals surface area (Å²) in [6.45, 7) is 4.92. The molecule has 0 fully saturated rings. The molecule has 0 bridgehead atoms. The smallest absolute Gasteiger partial charge is 0.123 e. The molecule has 0 aliphatic heterocycles. The maximum atomic E-state index is 13.4. The van der Waals surface area contributed by atoms with E-state index in [9.17, 15) is 4.39 Å². The molecule has 1 aromatic carbocycles. The third-order valence-corrected chi connectivity index (χ3v) is 4.59. The topological polar surface area (TPSA) is 12.0 Å². The SMILES string of the molecule is CCNC(c1cc(Br)cs1)c1cc(F)ccc1C. The Morgan fingerprint density at radius 1 is 1.39 bits per heavy atom. The first kappa shape index (κ1) is 13.7. The Bertz CT molecular complexity index is 538. The molecule has 1 unspecified atom stereocenters. The van der Waals surface area contributed by atoms with Crippen molar-refractivity contribution in [2.45, 2.75) is 19.9 Å². The van der Waals surface area contributed by atoms with E-state index in [0.29, 0.717) is 0 Å². The predicted octanol–water partition coefficient (Wildman–Crippen LogP) is 4.66. The minimum Gasteiger partial charge on any atom is -0.306 e. The van der Waals surface area contributed by atoms with Gasteiger partial charge >= 0.3 is 0 Å². The molecule has 4 heteroatoms. The maximum Gasteiger partial charge on any atom is 0.123 e. The molecule has 0 aliphatic rings. The highest BCUT2D eigenvalue weighted by atomic mass is 79.9. The molecule has 0 radical (unpaired) electrons. The molecule has 0 spiro atoms. The summed E-state index contributed by atoms with van der Waals surface area (Å²) in [6, 6.07) is 7.10. The molecular weight excluding hydrogens is 313 g/mol. The van der Waals surface area contributed by atoms with Gasteiger partial charge < -0.3 is 5.32 Å². The van der Waals surface area contributed by atoms with Crippen LogP contribution in [0.15, 0.2) is 34.1 Å².